The highest BCUT2D eigenvalue weighted by molar-refractivity contribution is 5.47. The summed E-state index contributed by atoms with van der Waals surface area (Å²) in [5, 5.41) is 19.3. The van der Waals surface area contributed by atoms with E-state index in [1.54, 1.807) is 0 Å². The van der Waals surface area contributed by atoms with Gasteiger partial charge in [0.2, 0.25) is 0 Å². The molecule has 0 saturated carbocycles. The third-order valence-corrected chi connectivity index (χ3v) is 1.73. The van der Waals surface area contributed by atoms with Gasteiger partial charge in [0.05, 0.1) is 7.05 Å². The summed E-state index contributed by atoms with van der Waals surface area (Å²) in [6, 6.07) is 0. The molecule has 0 unspecified atom stereocenters. The molecule has 0 radical (unpaired) electrons. The van der Waals surface area contributed by atoms with E-state index in [1.807, 2.05) is 13.8 Å². The average molecular weight is 213 g/mol. The summed E-state index contributed by atoms with van der Waals surface area (Å²) in [4.78, 5) is 13.5. The van der Waals surface area contributed by atoms with Gasteiger partial charge in [-0.05, 0) is 11.0 Å². The van der Waals surface area contributed by atoms with E-state index in [-0.39, 0.29) is 12.6 Å². The molecule has 0 fully saturated rings. The summed E-state index contributed by atoms with van der Waals surface area (Å²) in [7, 11) is 1.48. The van der Waals surface area contributed by atoms with Gasteiger partial charge in [-0.2, -0.15) is 0 Å². The summed E-state index contributed by atoms with van der Waals surface area (Å²) in [6.45, 7) is 7.15. The zero-order valence-electron chi connectivity index (χ0n) is 9.10. The lowest BCUT2D eigenvalue weighted by Crippen LogP contribution is -2.01. The largest absolute Gasteiger partial charge is 0.435 e. The number of hydrogen-bond acceptors (Lipinski definition) is 4. The van der Waals surface area contributed by atoms with Crippen molar-refractivity contribution in [2.45, 2.75) is 20.5 Å². The molecule has 0 aliphatic heterocycles. The second kappa shape index (κ2) is 5.92. The molecule has 6 nitrogen and oxygen atoms in total. The molecule has 0 amide bonds. The van der Waals surface area contributed by atoms with Gasteiger partial charge in [-0.3, -0.25) is 0 Å². The third-order valence-electron chi connectivity index (χ3n) is 1.73. The van der Waals surface area contributed by atoms with Gasteiger partial charge in [-0.25, -0.2) is 4.57 Å². The summed E-state index contributed by atoms with van der Waals surface area (Å²) >= 11 is 0. The molecule has 0 spiro atoms. The van der Waals surface area contributed by atoms with E-state index in [0.29, 0.717) is 11.4 Å². The monoisotopic (exact) mass is 213 g/mol. The van der Waals surface area contributed by atoms with Gasteiger partial charge in [-0.15, -0.1) is 0 Å². The SMILES string of the molecule is C=Cc1nc([N+](=O)[O-])n(C)c1CO.CC. The number of nitro groups is 1. The highest BCUT2D eigenvalue weighted by Gasteiger charge is 2.21. The van der Waals surface area contributed by atoms with Crippen LogP contribution in [0.5, 0.6) is 0 Å². The summed E-state index contributed by atoms with van der Waals surface area (Å²) in [5.74, 6) is -0.293. The predicted octanol–water partition coefficient (Wildman–Crippen LogP) is 1.49. The van der Waals surface area contributed by atoms with Crippen LogP contribution >= 0.6 is 0 Å². The van der Waals surface area contributed by atoms with Crippen molar-refractivity contribution in [3.05, 3.63) is 28.1 Å². The minimum absolute atomic E-state index is 0.293. The quantitative estimate of drug-likeness (QED) is 0.609. The molecular weight excluding hydrogens is 198 g/mol. The van der Waals surface area contributed by atoms with Gasteiger partial charge in [-0.1, -0.05) is 25.4 Å². The smallest absolute Gasteiger partial charge is 0.390 e. The maximum atomic E-state index is 10.4. The van der Waals surface area contributed by atoms with Crippen LogP contribution in [0.15, 0.2) is 6.58 Å². The van der Waals surface area contributed by atoms with Crippen LogP contribution < -0.4 is 0 Å². The fraction of sp³-hybridized carbons (Fsp3) is 0.444. The zero-order chi connectivity index (χ0) is 12.0. The molecule has 1 rings (SSSR count). The second-order valence-corrected chi connectivity index (χ2v) is 2.42. The van der Waals surface area contributed by atoms with E-state index in [9.17, 15) is 10.1 Å². The van der Waals surface area contributed by atoms with Crippen LogP contribution in [0, 0.1) is 10.1 Å². The Hall–Kier alpha value is -1.69. The Balaban J connectivity index is 0.000000921. The van der Waals surface area contributed by atoms with Crippen molar-refractivity contribution >= 4 is 12.0 Å². The van der Waals surface area contributed by atoms with Crippen molar-refractivity contribution < 1.29 is 10.0 Å². The van der Waals surface area contributed by atoms with Crippen molar-refractivity contribution in [3.63, 3.8) is 0 Å². The number of aliphatic hydroxyl groups excluding tert-OH is 1. The van der Waals surface area contributed by atoms with Crippen LogP contribution in [0.4, 0.5) is 5.95 Å². The fourth-order valence-corrected chi connectivity index (χ4v) is 1.05. The van der Waals surface area contributed by atoms with E-state index in [0.717, 1.165) is 0 Å². The van der Waals surface area contributed by atoms with Crippen molar-refractivity contribution in [1.82, 2.24) is 9.55 Å². The highest BCUT2D eigenvalue weighted by atomic mass is 16.6. The minimum Gasteiger partial charge on any atom is -0.390 e. The Morgan fingerprint density at radius 2 is 2.20 bits per heavy atom. The molecule has 0 aromatic carbocycles. The van der Waals surface area contributed by atoms with Crippen molar-refractivity contribution in [1.29, 1.82) is 0 Å². The zero-order valence-corrected chi connectivity index (χ0v) is 9.10. The van der Waals surface area contributed by atoms with Crippen LogP contribution in [-0.2, 0) is 13.7 Å². The highest BCUT2D eigenvalue weighted by Crippen LogP contribution is 2.16. The molecule has 84 valence electrons. The summed E-state index contributed by atoms with van der Waals surface area (Å²) < 4.78 is 1.23. The van der Waals surface area contributed by atoms with E-state index in [1.165, 1.54) is 17.7 Å². The van der Waals surface area contributed by atoms with Crippen LogP contribution in [0.3, 0.4) is 0 Å². The molecule has 0 saturated heterocycles. The Morgan fingerprint density at radius 3 is 2.47 bits per heavy atom. The second-order valence-electron chi connectivity index (χ2n) is 2.42. The molecule has 1 N–H and O–H groups in total. The van der Waals surface area contributed by atoms with Gasteiger partial charge in [0, 0.05) is 0 Å². The standard InChI is InChI=1S/C7H9N3O3.C2H6/c1-3-5-6(4-11)9(2)7(8-5)10(12)13;1-2/h3,11H,1,4H2,2H3;1-2H3. The van der Waals surface area contributed by atoms with E-state index >= 15 is 0 Å². The molecule has 0 bridgehead atoms. The number of aromatic nitrogens is 2. The van der Waals surface area contributed by atoms with Gasteiger partial charge < -0.3 is 15.2 Å². The van der Waals surface area contributed by atoms with Gasteiger partial charge in [0.1, 0.15) is 12.3 Å². The topological polar surface area (TPSA) is 81.2 Å². The molecule has 15 heavy (non-hydrogen) atoms. The lowest BCUT2D eigenvalue weighted by Gasteiger charge is -1.95. The Morgan fingerprint density at radius 1 is 1.67 bits per heavy atom. The molecule has 1 aromatic heterocycles. The van der Waals surface area contributed by atoms with Gasteiger partial charge in [0.25, 0.3) is 0 Å². The molecule has 0 aliphatic rings. The predicted molar refractivity (Wildman–Crippen MR) is 57.2 cm³/mol. The van der Waals surface area contributed by atoms with Gasteiger partial charge in [0.15, 0.2) is 5.69 Å². The van der Waals surface area contributed by atoms with E-state index in [2.05, 4.69) is 11.6 Å². The van der Waals surface area contributed by atoms with Crippen LogP contribution in [0.2, 0.25) is 0 Å². The molecule has 1 heterocycles. The number of hydrogen-bond donors (Lipinski definition) is 1. The first-order valence-corrected chi connectivity index (χ1v) is 4.55. The molecule has 6 heteroatoms. The first-order chi connectivity index (χ1) is 7.11. The lowest BCUT2D eigenvalue weighted by atomic mass is 10.3. The summed E-state index contributed by atoms with van der Waals surface area (Å²) in [5.41, 5.74) is 0.735. The lowest BCUT2D eigenvalue weighted by molar-refractivity contribution is -0.396. The maximum absolute atomic E-state index is 10.4. The van der Waals surface area contributed by atoms with Crippen LogP contribution in [-0.4, -0.2) is 19.6 Å². The van der Waals surface area contributed by atoms with Crippen LogP contribution in [0.25, 0.3) is 6.08 Å². The number of nitrogens with zero attached hydrogens (tertiary/aromatic N) is 3. The first kappa shape index (κ1) is 13.3. The number of rotatable bonds is 3. The average Bonchev–Trinajstić information content (AvgIpc) is 2.57. The molecule has 0 aliphatic carbocycles. The summed E-state index contributed by atoms with van der Waals surface area (Å²) in [6.07, 6.45) is 1.37. The van der Waals surface area contributed by atoms with E-state index in [4.69, 9.17) is 5.11 Å². The van der Waals surface area contributed by atoms with Crippen LogP contribution in [0.1, 0.15) is 25.2 Å². The van der Waals surface area contributed by atoms with Crippen molar-refractivity contribution in [2.75, 3.05) is 0 Å². The molecular formula is C9H15N3O3. The van der Waals surface area contributed by atoms with Crippen molar-refractivity contribution in [2.24, 2.45) is 7.05 Å². The molecule has 1 aromatic rings. The number of imidazole rings is 1. The van der Waals surface area contributed by atoms with Gasteiger partial charge >= 0.3 is 5.95 Å². The van der Waals surface area contributed by atoms with Crippen molar-refractivity contribution in [3.8, 4) is 0 Å². The Kier molecular flexibility index (Phi) is 5.25. The Bertz CT molecular complexity index is 358. The molecule has 0 atom stereocenters. The van der Waals surface area contributed by atoms with E-state index < -0.39 is 4.92 Å². The maximum Gasteiger partial charge on any atom is 0.435 e. The Labute approximate surface area is 88.0 Å². The fourth-order valence-electron chi connectivity index (χ4n) is 1.05. The third kappa shape index (κ3) is 2.63. The normalized spacial score (nSPS) is 9.07. The minimum atomic E-state index is -0.605. The number of aliphatic hydroxyl groups is 1. The first-order valence-electron chi connectivity index (χ1n) is 4.55.